The molecule has 150 valence electrons. The molecule has 0 saturated carbocycles. The van der Waals surface area contributed by atoms with Crippen LogP contribution >= 0.6 is 11.3 Å². The van der Waals surface area contributed by atoms with E-state index in [1.165, 1.54) is 21.7 Å². The molecule has 0 amide bonds. The Labute approximate surface area is 171 Å². The summed E-state index contributed by atoms with van der Waals surface area (Å²) in [5.41, 5.74) is 8.25. The van der Waals surface area contributed by atoms with Crippen molar-refractivity contribution in [3.63, 3.8) is 0 Å². The van der Waals surface area contributed by atoms with E-state index >= 15 is 0 Å². The molecule has 0 radical (unpaired) electrons. The van der Waals surface area contributed by atoms with E-state index in [0.29, 0.717) is 5.92 Å². The van der Waals surface area contributed by atoms with Crippen LogP contribution in [-0.2, 0) is 4.74 Å². The van der Waals surface area contributed by atoms with Crippen LogP contribution in [0, 0.1) is 20.8 Å². The summed E-state index contributed by atoms with van der Waals surface area (Å²) >= 11 is 1.80. The second-order valence-corrected chi connectivity index (χ2v) is 8.59. The first-order valence-corrected chi connectivity index (χ1v) is 11.2. The number of morpholine rings is 1. The molecule has 0 aromatic carbocycles. The van der Waals surface area contributed by atoms with Crippen LogP contribution < -0.4 is 4.90 Å². The van der Waals surface area contributed by atoms with Gasteiger partial charge in [-0.3, -0.25) is 0 Å². The van der Waals surface area contributed by atoms with Crippen molar-refractivity contribution in [3.05, 3.63) is 34.0 Å². The van der Waals surface area contributed by atoms with Crippen LogP contribution in [0.1, 0.15) is 55.1 Å². The molecule has 28 heavy (non-hydrogen) atoms. The van der Waals surface area contributed by atoms with Crippen LogP contribution in [-0.4, -0.2) is 40.9 Å². The zero-order valence-corrected chi connectivity index (χ0v) is 18.4. The molecule has 4 heterocycles. The van der Waals surface area contributed by atoms with Gasteiger partial charge in [0.25, 0.3) is 0 Å². The third kappa shape index (κ3) is 3.22. The van der Waals surface area contributed by atoms with Gasteiger partial charge in [-0.15, -0.1) is 11.3 Å². The minimum atomic E-state index is 0.521. The Hall–Kier alpha value is -1.92. The Balaban J connectivity index is 1.86. The second-order valence-electron chi connectivity index (χ2n) is 7.71. The molecule has 0 spiro atoms. The first kappa shape index (κ1) is 19.4. The van der Waals surface area contributed by atoms with E-state index < -0.39 is 0 Å². The van der Waals surface area contributed by atoms with Gasteiger partial charge in [-0.2, -0.15) is 5.10 Å². The van der Waals surface area contributed by atoms with E-state index in [9.17, 15) is 0 Å². The Morgan fingerprint density at radius 2 is 1.86 bits per heavy atom. The summed E-state index contributed by atoms with van der Waals surface area (Å²) < 4.78 is 7.62. The Kier molecular flexibility index (Phi) is 5.43. The fourth-order valence-corrected chi connectivity index (χ4v) is 5.51. The van der Waals surface area contributed by atoms with Crippen molar-refractivity contribution in [1.82, 2.24) is 14.6 Å². The highest BCUT2D eigenvalue weighted by atomic mass is 32.1. The lowest BCUT2D eigenvalue weighted by Gasteiger charge is -2.28. The fraction of sp³-hybridized carbons (Fsp3) is 0.545. The van der Waals surface area contributed by atoms with Crippen LogP contribution in [0.4, 0.5) is 5.69 Å². The molecule has 0 aliphatic carbocycles. The standard InChI is InChI=1S/C22H30N4OS/c1-6-17(7-2)18-12-14(3)24-26-20(16(5)23-22(18)26)21-15(4)19(13-28-21)25-8-10-27-11-9-25/h12-13,17H,6-11H2,1-5H3. The summed E-state index contributed by atoms with van der Waals surface area (Å²) in [6.45, 7) is 14.5. The van der Waals surface area contributed by atoms with Crippen molar-refractivity contribution in [1.29, 1.82) is 0 Å². The van der Waals surface area contributed by atoms with E-state index in [1.807, 2.05) is 0 Å². The number of nitrogens with zero attached hydrogens (tertiary/aromatic N) is 4. The van der Waals surface area contributed by atoms with Gasteiger partial charge in [0.05, 0.1) is 35.2 Å². The molecule has 1 fully saturated rings. The predicted octanol–water partition coefficient (Wildman–Crippen LogP) is 5.12. The van der Waals surface area contributed by atoms with Crippen molar-refractivity contribution in [2.45, 2.75) is 53.4 Å². The van der Waals surface area contributed by atoms with Gasteiger partial charge < -0.3 is 9.64 Å². The zero-order chi connectivity index (χ0) is 19.8. The Bertz CT molecular complexity index is 980. The molecule has 4 rings (SSSR count). The summed E-state index contributed by atoms with van der Waals surface area (Å²) in [4.78, 5) is 8.70. The monoisotopic (exact) mass is 398 g/mol. The van der Waals surface area contributed by atoms with Crippen molar-refractivity contribution >= 4 is 22.7 Å². The van der Waals surface area contributed by atoms with Gasteiger partial charge in [-0.05, 0) is 51.2 Å². The molecule has 3 aromatic rings. The Morgan fingerprint density at radius 3 is 2.54 bits per heavy atom. The molecule has 0 atom stereocenters. The van der Waals surface area contributed by atoms with E-state index in [2.05, 4.69) is 55.5 Å². The lowest BCUT2D eigenvalue weighted by molar-refractivity contribution is 0.122. The molecule has 6 heteroatoms. The van der Waals surface area contributed by atoms with Gasteiger partial charge >= 0.3 is 0 Å². The quantitative estimate of drug-likeness (QED) is 0.598. The molecular weight excluding hydrogens is 368 g/mol. The predicted molar refractivity (Wildman–Crippen MR) is 117 cm³/mol. The van der Waals surface area contributed by atoms with Crippen molar-refractivity contribution in [2.75, 3.05) is 31.2 Å². The third-order valence-electron chi connectivity index (χ3n) is 5.91. The van der Waals surface area contributed by atoms with E-state index in [-0.39, 0.29) is 0 Å². The SMILES string of the molecule is CCC(CC)c1cc(C)nn2c(-c3scc(N4CCOCC4)c3C)c(C)nc12. The molecule has 0 unspecified atom stereocenters. The van der Waals surface area contributed by atoms with Crippen LogP contribution in [0.5, 0.6) is 0 Å². The summed E-state index contributed by atoms with van der Waals surface area (Å²) in [6.07, 6.45) is 2.24. The van der Waals surface area contributed by atoms with Gasteiger partial charge in [0, 0.05) is 24.0 Å². The molecule has 1 saturated heterocycles. The number of fused-ring (bicyclic) bond motifs is 1. The van der Waals surface area contributed by atoms with Crippen LogP contribution in [0.15, 0.2) is 11.4 Å². The largest absolute Gasteiger partial charge is 0.378 e. The third-order valence-corrected chi connectivity index (χ3v) is 6.99. The van der Waals surface area contributed by atoms with Gasteiger partial charge in [0.2, 0.25) is 0 Å². The highest BCUT2D eigenvalue weighted by Crippen LogP contribution is 2.40. The molecule has 1 aliphatic heterocycles. The number of anilines is 1. The van der Waals surface area contributed by atoms with E-state index in [0.717, 1.165) is 61.9 Å². The number of aromatic nitrogens is 3. The minimum Gasteiger partial charge on any atom is -0.378 e. The summed E-state index contributed by atoms with van der Waals surface area (Å²) in [6, 6.07) is 2.23. The number of imidazole rings is 1. The lowest BCUT2D eigenvalue weighted by Crippen LogP contribution is -2.36. The molecule has 3 aromatic heterocycles. The lowest BCUT2D eigenvalue weighted by atomic mass is 9.95. The maximum Gasteiger partial charge on any atom is 0.158 e. The minimum absolute atomic E-state index is 0.521. The van der Waals surface area contributed by atoms with E-state index in [4.69, 9.17) is 14.8 Å². The molecule has 0 bridgehead atoms. The average molecular weight is 399 g/mol. The normalized spacial score (nSPS) is 15.1. The van der Waals surface area contributed by atoms with Crippen molar-refractivity contribution in [3.8, 4) is 10.6 Å². The highest BCUT2D eigenvalue weighted by molar-refractivity contribution is 7.14. The summed E-state index contributed by atoms with van der Waals surface area (Å²) in [5, 5.41) is 7.16. The summed E-state index contributed by atoms with van der Waals surface area (Å²) in [7, 11) is 0. The smallest absolute Gasteiger partial charge is 0.158 e. The first-order valence-electron chi connectivity index (χ1n) is 10.3. The average Bonchev–Trinajstić information content (AvgIpc) is 3.22. The number of hydrogen-bond acceptors (Lipinski definition) is 5. The number of thiophene rings is 1. The van der Waals surface area contributed by atoms with Crippen molar-refractivity contribution in [2.24, 2.45) is 0 Å². The number of hydrogen-bond donors (Lipinski definition) is 0. The zero-order valence-electron chi connectivity index (χ0n) is 17.6. The van der Waals surface area contributed by atoms with Gasteiger partial charge in [0.15, 0.2) is 5.65 Å². The molecule has 0 N–H and O–H groups in total. The van der Waals surface area contributed by atoms with Crippen LogP contribution in [0.2, 0.25) is 0 Å². The van der Waals surface area contributed by atoms with Gasteiger partial charge in [-0.25, -0.2) is 9.50 Å². The van der Waals surface area contributed by atoms with Gasteiger partial charge in [0.1, 0.15) is 5.69 Å². The number of ether oxygens (including phenoxy) is 1. The highest BCUT2D eigenvalue weighted by Gasteiger charge is 2.24. The van der Waals surface area contributed by atoms with E-state index in [1.54, 1.807) is 11.3 Å². The molecule has 5 nitrogen and oxygen atoms in total. The van der Waals surface area contributed by atoms with Crippen LogP contribution in [0.3, 0.4) is 0 Å². The summed E-state index contributed by atoms with van der Waals surface area (Å²) in [5.74, 6) is 0.521. The molecular formula is C22H30N4OS. The Morgan fingerprint density at radius 1 is 1.14 bits per heavy atom. The number of aryl methyl sites for hydroxylation is 2. The maximum absolute atomic E-state index is 5.52. The fourth-order valence-electron chi connectivity index (χ4n) is 4.33. The van der Waals surface area contributed by atoms with Crippen LogP contribution in [0.25, 0.3) is 16.2 Å². The molecule has 1 aliphatic rings. The topological polar surface area (TPSA) is 42.7 Å². The van der Waals surface area contributed by atoms with Crippen molar-refractivity contribution < 1.29 is 4.74 Å². The first-order chi connectivity index (χ1) is 13.5. The maximum atomic E-state index is 5.52. The second kappa shape index (κ2) is 7.84. The number of rotatable bonds is 5. The van der Waals surface area contributed by atoms with Gasteiger partial charge in [-0.1, -0.05) is 13.8 Å².